The first-order valence-corrected chi connectivity index (χ1v) is 12.7. The van der Waals surface area contributed by atoms with Crippen molar-refractivity contribution >= 4 is 17.3 Å². The van der Waals surface area contributed by atoms with Crippen molar-refractivity contribution in [3.8, 4) is 5.75 Å². The predicted molar refractivity (Wildman–Crippen MR) is 147 cm³/mol. The number of unbranched alkanes of at least 4 members (excludes halogenated alkanes) is 1. The number of hydrogen-bond donors (Lipinski definition) is 0. The summed E-state index contributed by atoms with van der Waals surface area (Å²) in [6, 6.07) is 34.8. The van der Waals surface area contributed by atoms with Crippen molar-refractivity contribution in [3.63, 3.8) is 0 Å². The zero-order valence-corrected chi connectivity index (χ0v) is 20.9. The van der Waals surface area contributed by atoms with Crippen molar-refractivity contribution in [1.29, 1.82) is 0 Å². The SMILES string of the molecule is CCCCOc1ccc([C@H]2N(Cc3ccccc3)c3ccccc3C(=O)N2c2ccc(C)cc2)cc1. The molecule has 1 heterocycles. The van der Waals surface area contributed by atoms with Gasteiger partial charge in [0.25, 0.3) is 5.91 Å². The van der Waals surface area contributed by atoms with Gasteiger partial charge in [0.2, 0.25) is 0 Å². The average Bonchev–Trinajstić information content (AvgIpc) is 2.92. The van der Waals surface area contributed by atoms with Gasteiger partial charge in [0.1, 0.15) is 11.9 Å². The number of ether oxygens (including phenoxy) is 1. The molecule has 0 aromatic heterocycles. The number of hydrogen-bond acceptors (Lipinski definition) is 3. The first-order chi connectivity index (χ1) is 17.7. The zero-order valence-electron chi connectivity index (χ0n) is 20.9. The summed E-state index contributed by atoms with van der Waals surface area (Å²) < 4.78 is 5.92. The summed E-state index contributed by atoms with van der Waals surface area (Å²) in [5.41, 5.74) is 5.93. The minimum absolute atomic E-state index is 0.00652. The highest BCUT2D eigenvalue weighted by atomic mass is 16.5. The lowest BCUT2D eigenvalue weighted by Crippen LogP contribution is -2.49. The first kappa shape index (κ1) is 23.7. The summed E-state index contributed by atoms with van der Waals surface area (Å²) in [6.45, 7) is 5.60. The average molecular weight is 477 g/mol. The summed E-state index contributed by atoms with van der Waals surface area (Å²) in [5.74, 6) is 0.860. The van der Waals surface area contributed by atoms with Crippen LogP contribution in [0.1, 0.15) is 53.0 Å². The zero-order chi connectivity index (χ0) is 24.9. The van der Waals surface area contributed by atoms with E-state index in [0.29, 0.717) is 18.7 Å². The third-order valence-electron chi connectivity index (χ3n) is 6.66. The molecule has 5 rings (SSSR count). The number of benzene rings is 4. The molecule has 36 heavy (non-hydrogen) atoms. The molecular weight excluding hydrogens is 444 g/mol. The van der Waals surface area contributed by atoms with Crippen LogP contribution >= 0.6 is 0 Å². The molecule has 0 saturated carbocycles. The summed E-state index contributed by atoms with van der Waals surface area (Å²) in [6.07, 6.45) is 1.82. The highest BCUT2D eigenvalue weighted by Crippen LogP contribution is 2.42. The van der Waals surface area contributed by atoms with Crippen LogP contribution in [0.3, 0.4) is 0 Å². The fraction of sp³-hybridized carbons (Fsp3) is 0.219. The molecule has 182 valence electrons. The van der Waals surface area contributed by atoms with Crippen molar-refractivity contribution in [2.24, 2.45) is 0 Å². The van der Waals surface area contributed by atoms with Crippen LogP contribution in [0.15, 0.2) is 103 Å². The lowest BCUT2D eigenvalue weighted by atomic mass is 9.99. The number of para-hydroxylation sites is 1. The van der Waals surface area contributed by atoms with Crippen molar-refractivity contribution < 1.29 is 9.53 Å². The number of aryl methyl sites for hydroxylation is 1. The third-order valence-corrected chi connectivity index (χ3v) is 6.66. The van der Waals surface area contributed by atoms with Gasteiger partial charge in [-0.25, -0.2) is 0 Å². The molecule has 0 bridgehead atoms. The Bertz CT molecular complexity index is 1300. The number of anilines is 2. The van der Waals surface area contributed by atoms with Gasteiger partial charge in [-0.1, -0.05) is 85.6 Å². The van der Waals surface area contributed by atoms with Crippen LogP contribution in [0.4, 0.5) is 11.4 Å². The third kappa shape index (κ3) is 4.85. The molecule has 1 aliphatic rings. The van der Waals surface area contributed by atoms with Crippen molar-refractivity contribution in [2.75, 3.05) is 16.4 Å². The second-order valence-electron chi connectivity index (χ2n) is 9.29. The van der Waals surface area contributed by atoms with Gasteiger partial charge in [0.15, 0.2) is 0 Å². The standard InChI is InChI=1S/C32H32N2O2/c1-3-4-22-36-28-20-16-26(17-21-28)31-33(23-25-10-6-5-7-11-25)30-13-9-8-12-29(30)32(35)34(31)27-18-14-24(2)15-19-27/h5-21,31H,3-4,22-23H2,1-2H3/t31-/m0/s1. The van der Waals surface area contributed by atoms with Crippen molar-refractivity contribution in [3.05, 3.63) is 125 Å². The van der Waals surface area contributed by atoms with Gasteiger partial charge in [0, 0.05) is 12.2 Å². The topological polar surface area (TPSA) is 32.8 Å². The van der Waals surface area contributed by atoms with E-state index in [1.807, 2.05) is 53.4 Å². The Morgan fingerprint density at radius 1 is 0.806 bits per heavy atom. The van der Waals surface area contributed by atoms with Gasteiger partial charge in [-0.3, -0.25) is 9.69 Å². The normalized spacial score (nSPS) is 15.1. The summed E-state index contributed by atoms with van der Waals surface area (Å²) in [5, 5.41) is 0. The van der Waals surface area contributed by atoms with E-state index in [9.17, 15) is 4.79 Å². The first-order valence-electron chi connectivity index (χ1n) is 12.7. The Labute approximate surface area is 213 Å². The maximum Gasteiger partial charge on any atom is 0.262 e. The fourth-order valence-electron chi connectivity index (χ4n) is 4.73. The second kappa shape index (κ2) is 10.7. The Kier molecular flexibility index (Phi) is 7.03. The molecule has 4 aromatic rings. The van der Waals surface area contributed by atoms with Crippen LogP contribution in [0.2, 0.25) is 0 Å². The lowest BCUT2D eigenvalue weighted by Gasteiger charge is -2.46. The molecule has 1 atom stereocenters. The smallest absolute Gasteiger partial charge is 0.262 e. The molecule has 1 amide bonds. The minimum atomic E-state index is -0.306. The largest absolute Gasteiger partial charge is 0.494 e. The van der Waals surface area contributed by atoms with Crippen LogP contribution < -0.4 is 14.5 Å². The van der Waals surface area contributed by atoms with Gasteiger partial charge < -0.3 is 9.64 Å². The van der Waals surface area contributed by atoms with E-state index in [-0.39, 0.29) is 12.1 Å². The molecule has 0 N–H and O–H groups in total. The van der Waals surface area contributed by atoms with Crippen molar-refractivity contribution in [1.82, 2.24) is 0 Å². The number of carbonyl (C=O) groups is 1. The lowest BCUT2D eigenvalue weighted by molar-refractivity contribution is 0.0968. The fourth-order valence-corrected chi connectivity index (χ4v) is 4.73. The van der Waals surface area contributed by atoms with E-state index in [0.717, 1.165) is 41.1 Å². The highest BCUT2D eigenvalue weighted by molar-refractivity contribution is 6.12. The van der Waals surface area contributed by atoms with Crippen LogP contribution in [-0.4, -0.2) is 12.5 Å². The molecule has 0 aliphatic carbocycles. The quantitative estimate of drug-likeness (QED) is 0.246. The number of nitrogens with zero attached hydrogens (tertiary/aromatic N) is 2. The number of rotatable bonds is 8. The molecule has 0 fully saturated rings. The van der Waals surface area contributed by atoms with Crippen LogP contribution in [-0.2, 0) is 6.54 Å². The Morgan fingerprint density at radius 2 is 1.50 bits per heavy atom. The number of carbonyl (C=O) groups excluding carboxylic acids is 1. The maximum atomic E-state index is 14.0. The van der Waals surface area contributed by atoms with Crippen molar-refractivity contribution in [2.45, 2.75) is 39.4 Å². The van der Waals surface area contributed by atoms with E-state index >= 15 is 0 Å². The molecule has 0 radical (unpaired) electrons. The molecule has 4 heteroatoms. The Hall–Kier alpha value is -4.05. The van der Waals surface area contributed by atoms with Crippen LogP contribution in [0, 0.1) is 6.92 Å². The molecule has 4 nitrogen and oxygen atoms in total. The molecular formula is C32H32N2O2. The highest BCUT2D eigenvalue weighted by Gasteiger charge is 2.39. The Morgan fingerprint density at radius 3 is 2.22 bits per heavy atom. The maximum absolute atomic E-state index is 14.0. The van der Waals surface area contributed by atoms with E-state index in [1.54, 1.807) is 0 Å². The predicted octanol–water partition coefficient (Wildman–Crippen LogP) is 7.54. The van der Waals surface area contributed by atoms with Gasteiger partial charge in [-0.05, 0) is 60.9 Å². The van der Waals surface area contributed by atoms with E-state index < -0.39 is 0 Å². The van der Waals surface area contributed by atoms with E-state index in [4.69, 9.17) is 4.74 Å². The van der Waals surface area contributed by atoms with Gasteiger partial charge >= 0.3 is 0 Å². The van der Waals surface area contributed by atoms with Gasteiger partial charge in [-0.15, -0.1) is 0 Å². The summed E-state index contributed by atoms with van der Waals surface area (Å²) in [7, 11) is 0. The molecule has 0 unspecified atom stereocenters. The Balaban J connectivity index is 1.62. The second-order valence-corrected chi connectivity index (χ2v) is 9.29. The molecule has 0 saturated heterocycles. The van der Waals surface area contributed by atoms with E-state index in [1.165, 1.54) is 5.56 Å². The number of amides is 1. The van der Waals surface area contributed by atoms with Crippen LogP contribution in [0.25, 0.3) is 0 Å². The minimum Gasteiger partial charge on any atom is -0.494 e. The molecule has 1 aliphatic heterocycles. The van der Waals surface area contributed by atoms with Crippen LogP contribution in [0.5, 0.6) is 5.75 Å². The summed E-state index contributed by atoms with van der Waals surface area (Å²) in [4.78, 5) is 18.3. The molecule has 4 aromatic carbocycles. The monoisotopic (exact) mass is 476 g/mol. The summed E-state index contributed by atoms with van der Waals surface area (Å²) >= 11 is 0. The van der Waals surface area contributed by atoms with Gasteiger partial charge in [-0.2, -0.15) is 0 Å². The number of fused-ring (bicyclic) bond motifs is 1. The molecule has 0 spiro atoms. The van der Waals surface area contributed by atoms with E-state index in [2.05, 4.69) is 73.3 Å². The van der Waals surface area contributed by atoms with Gasteiger partial charge in [0.05, 0.1) is 17.9 Å².